The molecule has 0 fully saturated rings. The van der Waals surface area contributed by atoms with Gasteiger partial charge in [0.15, 0.2) is 0 Å². The number of hydrogen-bond donors (Lipinski definition) is 0. The molecule has 0 aliphatic rings. The molecular weight excluding hydrogens is 148 g/mol. The topological polar surface area (TPSA) is 17.1 Å². The Morgan fingerprint density at radius 1 is 1.17 bits per heavy atom. The van der Waals surface area contributed by atoms with Crippen LogP contribution in [0.3, 0.4) is 0 Å². The Balaban J connectivity index is 3.02. The van der Waals surface area contributed by atoms with E-state index in [9.17, 15) is 4.79 Å². The molecule has 68 valence electrons. The third-order valence-electron chi connectivity index (χ3n) is 1.92. The average Bonchev–Trinajstić information content (AvgIpc) is 2.10. The van der Waals surface area contributed by atoms with Gasteiger partial charge in [0.2, 0.25) is 5.78 Å². The monoisotopic (exact) mass is 166 g/mol. The van der Waals surface area contributed by atoms with Crippen molar-refractivity contribution in [2.75, 3.05) is 0 Å². The molecule has 12 heavy (non-hydrogen) atoms. The normalized spacial score (nSPS) is 9.33. The van der Waals surface area contributed by atoms with Crippen LogP contribution in [0.5, 0.6) is 0 Å². The van der Waals surface area contributed by atoms with Crippen LogP contribution >= 0.6 is 0 Å². The number of rotatable bonds is 7. The van der Waals surface area contributed by atoms with Crippen LogP contribution in [0.15, 0.2) is 0 Å². The van der Waals surface area contributed by atoms with E-state index in [4.69, 9.17) is 6.42 Å². The van der Waals surface area contributed by atoms with Crippen LogP contribution in [0.4, 0.5) is 0 Å². The number of hydrogen-bond acceptors (Lipinski definition) is 1. The molecule has 0 saturated heterocycles. The number of terminal acetylenes is 1. The molecule has 1 nitrogen and oxygen atoms in total. The summed E-state index contributed by atoms with van der Waals surface area (Å²) in [7, 11) is 0. The van der Waals surface area contributed by atoms with E-state index in [1.807, 2.05) is 0 Å². The third kappa shape index (κ3) is 7.34. The van der Waals surface area contributed by atoms with E-state index in [2.05, 4.69) is 12.8 Å². The van der Waals surface area contributed by atoms with E-state index in [0.717, 1.165) is 12.8 Å². The van der Waals surface area contributed by atoms with E-state index in [0.29, 0.717) is 6.42 Å². The smallest absolute Gasteiger partial charge is 0.205 e. The molecule has 0 N–H and O–H groups in total. The van der Waals surface area contributed by atoms with Crippen molar-refractivity contribution >= 4 is 5.78 Å². The summed E-state index contributed by atoms with van der Waals surface area (Å²) in [4.78, 5) is 10.7. The van der Waals surface area contributed by atoms with E-state index in [1.165, 1.54) is 25.7 Å². The Morgan fingerprint density at radius 2 is 1.75 bits per heavy atom. The zero-order valence-electron chi connectivity index (χ0n) is 7.94. The molecule has 0 spiro atoms. The van der Waals surface area contributed by atoms with Crippen molar-refractivity contribution in [1.29, 1.82) is 0 Å². The van der Waals surface area contributed by atoms with Gasteiger partial charge in [0.1, 0.15) is 0 Å². The van der Waals surface area contributed by atoms with Gasteiger partial charge in [-0.05, 0) is 12.3 Å². The lowest BCUT2D eigenvalue weighted by Crippen LogP contribution is -1.91. The SMILES string of the molecule is C#CC(=O)CCCCCCCC. The van der Waals surface area contributed by atoms with Crippen molar-refractivity contribution in [1.82, 2.24) is 0 Å². The Hall–Kier alpha value is -0.770. The highest BCUT2D eigenvalue weighted by molar-refractivity contribution is 5.94. The minimum absolute atomic E-state index is 0.0505. The molecular formula is C11H18O. The summed E-state index contributed by atoms with van der Waals surface area (Å²) in [5.74, 6) is 2.08. The van der Waals surface area contributed by atoms with Crippen molar-refractivity contribution in [3.05, 3.63) is 0 Å². The second-order valence-electron chi connectivity index (χ2n) is 3.09. The Morgan fingerprint density at radius 3 is 2.33 bits per heavy atom. The molecule has 0 bridgehead atoms. The van der Waals surface area contributed by atoms with Gasteiger partial charge in [-0.1, -0.05) is 39.0 Å². The molecule has 1 heteroatoms. The standard InChI is InChI=1S/C11H18O/c1-3-5-6-7-8-9-10-11(12)4-2/h2H,3,5-10H2,1H3. The maximum Gasteiger partial charge on any atom is 0.205 e. The minimum Gasteiger partial charge on any atom is -0.285 e. The minimum atomic E-state index is -0.0505. The molecule has 0 aliphatic carbocycles. The quantitative estimate of drug-likeness (QED) is 0.323. The first kappa shape index (κ1) is 11.2. The van der Waals surface area contributed by atoms with Crippen LogP contribution in [0.25, 0.3) is 0 Å². The van der Waals surface area contributed by atoms with Crippen LogP contribution in [0, 0.1) is 12.3 Å². The fraction of sp³-hybridized carbons (Fsp3) is 0.727. The molecule has 0 saturated carbocycles. The predicted octanol–water partition coefficient (Wildman–Crippen LogP) is 2.94. The van der Waals surface area contributed by atoms with Crippen molar-refractivity contribution in [2.24, 2.45) is 0 Å². The summed E-state index contributed by atoms with van der Waals surface area (Å²) in [6, 6.07) is 0. The molecule has 0 radical (unpaired) electrons. The van der Waals surface area contributed by atoms with Crippen molar-refractivity contribution < 1.29 is 4.79 Å². The van der Waals surface area contributed by atoms with Gasteiger partial charge in [0.25, 0.3) is 0 Å². The van der Waals surface area contributed by atoms with E-state index < -0.39 is 0 Å². The summed E-state index contributed by atoms with van der Waals surface area (Å²) < 4.78 is 0. The molecule has 0 aromatic carbocycles. The Bertz CT molecular complexity index is 153. The maximum atomic E-state index is 10.7. The largest absolute Gasteiger partial charge is 0.285 e. The van der Waals surface area contributed by atoms with Crippen LogP contribution in [0.1, 0.15) is 51.9 Å². The lowest BCUT2D eigenvalue weighted by molar-refractivity contribution is -0.113. The molecule has 0 aliphatic heterocycles. The number of ketones is 1. The van der Waals surface area contributed by atoms with Gasteiger partial charge < -0.3 is 0 Å². The summed E-state index contributed by atoms with van der Waals surface area (Å²) in [6.45, 7) is 2.20. The first-order valence-corrected chi connectivity index (χ1v) is 4.80. The van der Waals surface area contributed by atoms with Crippen molar-refractivity contribution in [3.8, 4) is 12.3 Å². The molecule has 0 aromatic rings. The van der Waals surface area contributed by atoms with E-state index >= 15 is 0 Å². The molecule has 0 amide bonds. The first-order valence-electron chi connectivity index (χ1n) is 4.80. The zero-order chi connectivity index (χ0) is 9.23. The fourth-order valence-corrected chi connectivity index (χ4v) is 1.14. The van der Waals surface area contributed by atoms with Crippen LogP contribution in [-0.4, -0.2) is 5.78 Å². The lowest BCUT2D eigenvalue weighted by Gasteiger charge is -1.97. The maximum absolute atomic E-state index is 10.7. The van der Waals surface area contributed by atoms with Crippen LogP contribution < -0.4 is 0 Å². The highest BCUT2D eigenvalue weighted by Crippen LogP contribution is 2.06. The molecule has 0 aromatic heterocycles. The number of Topliss-reactive ketones (excluding diaryl/α,β-unsaturated/α-hetero) is 1. The van der Waals surface area contributed by atoms with Gasteiger partial charge in [0.05, 0.1) is 0 Å². The highest BCUT2D eigenvalue weighted by atomic mass is 16.1. The third-order valence-corrected chi connectivity index (χ3v) is 1.92. The van der Waals surface area contributed by atoms with E-state index in [-0.39, 0.29) is 5.78 Å². The highest BCUT2D eigenvalue weighted by Gasteiger charge is 1.95. The predicted molar refractivity (Wildman–Crippen MR) is 51.8 cm³/mol. The number of unbranched alkanes of at least 4 members (excludes halogenated alkanes) is 5. The van der Waals surface area contributed by atoms with Gasteiger partial charge in [0, 0.05) is 6.42 Å². The van der Waals surface area contributed by atoms with Gasteiger partial charge >= 0.3 is 0 Å². The number of carbonyl (C=O) groups excluding carboxylic acids is 1. The summed E-state index contributed by atoms with van der Waals surface area (Å²) in [6.07, 6.45) is 12.7. The van der Waals surface area contributed by atoms with Crippen molar-refractivity contribution in [3.63, 3.8) is 0 Å². The first-order chi connectivity index (χ1) is 5.81. The van der Waals surface area contributed by atoms with E-state index in [1.54, 1.807) is 0 Å². The fourth-order valence-electron chi connectivity index (χ4n) is 1.14. The average molecular weight is 166 g/mol. The summed E-state index contributed by atoms with van der Waals surface area (Å²) in [5.41, 5.74) is 0. The summed E-state index contributed by atoms with van der Waals surface area (Å²) in [5, 5.41) is 0. The second kappa shape index (κ2) is 8.33. The molecule has 0 atom stereocenters. The Kier molecular flexibility index (Phi) is 7.79. The number of carbonyl (C=O) groups is 1. The molecule has 0 heterocycles. The zero-order valence-corrected chi connectivity index (χ0v) is 7.94. The summed E-state index contributed by atoms with van der Waals surface area (Å²) >= 11 is 0. The van der Waals surface area contributed by atoms with Gasteiger partial charge in [-0.15, -0.1) is 6.42 Å². The molecule has 0 unspecified atom stereocenters. The second-order valence-corrected chi connectivity index (χ2v) is 3.09. The van der Waals surface area contributed by atoms with Gasteiger partial charge in [-0.3, -0.25) is 4.79 Å². The van der Waals surface area contributed by atoms with Gasteiger partial charge in [-0.2, -0.15) is 0 Å². The van der Waals surface area contributed by atoms with Crippen LogP contribution in [-0.2, 0) is 4.79 Å². The molecule has 0 rings (SSSR count). The van der Waals surface area contributed by atoms with Crippen molar-refractivity contribution in [2.45, 2.75) is 51.9 Å². The van der Waals surface area contributed by atoms with Gasteiger partial charge in [-0.25, -0.2) is 0 Å². The Labute approximate surface area is 75.5 Å². The van der Waals surface area contributed by atoms with Crippen LogP contribution in [0.2, 0.25) is 0 Å². The lowest BCUT2D eigenvalue weighted by atomic mass is 10.1.